The third kappa shape index (κ3) is 5.93. The summed E-state index contributed by atoms with van der Waals surface area (Å²) >= 11 is 0. The highest BCUT2D eigenvalue weighted by atomic mass is 16.5. The molecule has 0 amide bonds. The Kier molecular flexibility index (Phi) is 8.02. The molecule has 0 unspecified atom stereocenters. The number of aliphatic imine (C=N–C) groups is 1. The molecule has 8 heteroatoms. The lowest BCUT2D eigenvalue weighted by atomic mass is 10.1. The predicted molar refractivity (Wildman–Crippen MR) is 118 cm³/mol. The number of fused-ring (bicyclic) bond motifs is 1. The second kappa shape index (κ2) is 11.2. The summed E-state index contributed by atoms with van der Waals surface area (Å²) in [5.41, 5.74) is 3.09. The van der Waals surface area contributed by atoms with Crippen molar-refractivity contribution in [1.29, 1.82) is 0 Å². The molecule has 2 heterocycles. The second-order valence-corrected chi connectivity index (χ2v) is 6.80. The van der Waals surface area contributed by atoms with E-state index in [2.05, 4.69) is 50.9 Å². The summed E-state index contributed by atoms with van der Waals surface area (Å²) in [4.78, 5) is 4.31. The molecule has 2 aromatic heterocycles. The molecule has 0 bridgehead atoms. The lowest BCUT2D eigenvalue weighted by Gasteiger charge is -2.15. The van der Waals surface area contributed by atoms with Gasteiger partial charge < -0.3 is 20.1 Å². The molecule has 8 nitrogen and oxygen atoms in total. The van der Waals surface area contributed by atoms with Crippen LogP contribution in [0.5, 0.6) is 5.75 Å². The molecule has 1 aromatic carbocycles. The molecule has 0 aliphatic rings. The highest BCUT2D eigenvalue weighted by Crippen LogP contribution is 2.20. The van der Waals surface area contributed by atoms with Crippen LogP contribution in [0.25, 0.3) is 5.65 Å². The van der Waals surface area contributed by atoms with Gasteiger partial charge in [-0.2, -0.15) is 0 Å². The average Bonchev–Trinajstić information content (AvgIpc) is 3.18. The Labute approximate surface area is 177 Å². The number of hydrogen-bond acceptors (Lipinski definition) is 5. The minimum atomic E-state index is 0.531. The van der Waals surface area contributed by atoms with Crippen molar-refractivity contribution in [3.8, 4) is 5.75 Å². The van der Waals surface area contributed by atoms with Crippen LogP contribution in [0.1, 0.15) is 23.9 Å². The van der Waals surface area contributed by atoms with Crippen molar-refractivity contribution in [2.75, 3.05) is 33.4 Å². The molecule has 3 aromatic rings. The highest BCUT2D eigenvalue weighted by Gasteiger charge is 2.08. The number of hydrogen-bond donors (Lipinski definition) is 2. The Morgan fingerprint density at radius 1 is 1.13 bits per heavy atom. The van der Waals surface area contributed by atoms with E-state index in [9.17, 15) is 0 Å². The molecule has 160 valence electrons. The van der Waals surface area contributed by atoms with Gasteiger partial charge in [-0.15, -0.1) is 10.2 Å². The van der Waals surface area contributed by atoms with Crippen LogP contribution in [0.3, 0.4) is 0 Å². The zero-order valence-corrected chi connectivity index (χ0v) is 17.9. The van der Waals surface area contributed by atoms with Crippen LogP contribution in [-0.4, -0.2) is 54.0 Å². The smallest absolute Gasteiger partial charge is 0.191 e. The van der Waals surface area contributed by atoms with Gasteiger partial charge in [0.05, 0.1) is 6.61 Å². The minimum Gasteiger partial charge on any atom is -0.491 e. The van der Waals surface area contributed by atoms with Gasteiger partial charge in [0.2, 0.25) is 0 Å². The van der Waals surface area contributed by atoms with E-state index in [1.165, 1.54) is 0 Å². The summed E-state index contributed by atoms with van der Waals surface area (Å²) in [5, 5.41) is 15.1. The molecule has 0 saturated carbocycles. The molecular formula is C22H30N6O2. The van der Waals surface area contributed by atoms with Gasteiger partial charge in [0.25, 0.3) is 0 Å². The van der Waals surface area contributed by atoms with Crippen molar-refractivity contribution in [1.82, 2.24) is 25.2 Å². The first-order valence-corrected chi connectivity index (χ1v) is 10.2. The predicted octanol–water partition coefficient (Wildman–Crippen LogP) is 2.36. The first kappa shape index (κ1) is 21.6. The number of aryl methyl sites for hydroxylation is 1. The molecule has 0 aliphatic heterocycles. The van der Waals surface area contributed by atoms with Gasteiger partial charge in [0.1, 0.15) is 18.2 Å². The van der Waals surface area contributed by atoms with Gasteiger partial charge in [0, 0.05) is 44.9 Å². The van der Waals surface area contributed by atoms with Crippen molar-refractivity contribution < 1.29 is 9.47 Å². The number of aromatic nitrogens is 3. The Morgan fingerprint density at radius 3 is 2.87 bits per heavy atom. The molecule has 2 N–H and O–H groups in total. The third-order valence-electron chi connectivity index (χ3n) is 4.61. The highest BCUT2D eigenvalue weighted by molar-refractivity contribution is 5.79. The molecule has 30 heavy (non-hydrogen) atoms. The van der Waals surface area contributed by atoms with Crippen LogP contribution in [0.15, 0.2) is 47.6 Å². The van der Waals surface area contributed by atoms with E-state index in [0.717, 1.165) is 40.7 Å². The van der Waals surface area contributed by atoms with Crippen LogP contribution in [-0.2, 0) is 17.7 Å². The molecule has 0 aliphatic carbocycles. The van der Waals surface area contributed by atoms with E-state index in [-0.39, 0.29) is 0 Å². The van der Waals surface area contributed by atoms with E-state index in [4.69, 9.17) is 9.47 Å². The zero-order valence-electron chi connectivity index (χ0n) is 17.9. The van der Waals surface area contributed by atoms with E-state index >= 15 is 0 Å². The average molecular weight is 411 g/mol. The van der Waals surface area contributed by atoms with Crippen molar-refractivity contribution in [3.05, 3.63) is 59.5 Å². The Bertz CT molecular complexity index is 969. The number of ether oxygens (including phenoxy) is 2. The molecule has 0 spiro atoms. The van der Waals surface area contributed by atoms with E-state index in [1.807, 2.05) is 35.7 Å². The quantitative estimate of drug-likeness (QED) is 0.303. The lowest BCUT2D eigenvalue weighted by Crippen LogP contribution is -2.38. The summed E-state index contributed by atoms with van der Waals surface area (Å²) in [6.45, 7) is 7.14. The number of benzene rings is 1. The number of rotatable bonds is 10. The molecule has 0 radical (unpaired) electrons. The summed E-state index contributed by atoms with van der Waals surface area (Å²) in [6, 6.07) is 12.1. The molecule has 0 saturated heterocycles. The van der Waals surface area contributed by atoms with Gasteiger partial charge in [-0.25, -0.2) is 0 Å². The Hall–Kier alpha value is -3.13. The van der Waals surface area contributed by atoms with Crippen LogP contribution >= 0.6 is 0 Å². The largest absolute Gasteiger partial charge is 0.491 e. The molecular weight excluding hydrogens is 380 g/mol. The second-order valence-electron chi connectivity index (χ2n) is 6.80. The summed E-state index contributed by atoms with van der Waals surface area (Å²) in [6.07, 6.45) is 2.71. The fraction of sp³-hybridized carbons (Fsp3) is 0.409. The van der Waals surface area contributed by atoms with Gasteiger partial charge in [-0.05, 0) is 37.6 Å². The SMILES string of the molecule is CCOCCOc1cc(C)ccc1CNC(=NC)NCCc1nnc2ccccn12. The lowest BCUT2D eigenvalue weighted by molar-refractivity contribution is 0.110. The molecule has 3 rings (SSSR count). The first-order chi connectivity index (χ1) is 14.7. The molecule has 0 atom stereocenters. The van der Waals surface area contributed by atoms with Crippen LogP contribution in [0.4, 0.5) is 0 Å². The first-order valence-electron chi connectivity index (χ1n) is 10.2. The van der Waals surface area contributed by atoms with Gasteiger partial charge in [-0.1, -0.05) is 18.2 Å². The standard InChI is InChI=1S/C22H30N6O2/c1-4-29-13-14-30-19-15-17(2)8-9-18(19)16-25-22(23-3)24-11-10-21-27-26-20-7-5-6-12-28(20)21/h5-9,12,15H,4,10-11,13-14,16H2,1-3H3,(H2,23,24,25). The summed E-state index contributed by atoms with van der Waals surface area (Å²) in [5.74, 6) is 2.51. The Morgan fingerprint density at radius 2 is 2.03 bits per heavy atom. The van der Waals surface area contributed by atoms with E-state index in [1.54, 1.807) is 7.05 Å². The number of nitrogens with zero attached hydrogens (tertiary/aromatic N) is 4. The van der Waals surface area contributed by atoms with Gasteiger partial charge in [-0.3, -0.25) is 9.39 Å². The maximum atomic E-state index is 5.91. The maximum Gasteiger partial charge on any atom is 0.191 e. The van der Waals surface area contributed by atoms with Crippen LogP contribution in [0.2, 0.25) is 0 Å². The number of nitrogens with one attached hydrogen (secondary N) is 2. The van der Waals surface area contributed by atoms with Crippen molar-refractivity contribution in [2.45, 2.75) is 26.8 Å². The van der Waals surface area contributed by atoms with Crippen molar-refractivity contribution in [3.63, 3.8) is 0 Å². The minimum absolute atomic E-state index is 0.531. The fourth-order valence-corrected chi connectivity index (χ4v) is 3.05. The van der Waals surface area contributed by atoms with Crippen molar-refractivity contribution in [2.24, 2.45) is 4.99 Å². The summed E-state index contributed by atoms with van der Waals surface area (Å²) < 4.78 is 13.3. The van der Waals surface area contributed by atoms with E-state index < -0.39 is 0 Å². The molecule has 0 fully saturated rings. The monoisotopic (exact) mass is 410 g/mol. The third-order valence-corrected chi connectivity index (χ3v) is 4.61. The normalized spacial score (nSPS) is 11.6. The summed E-state index contributed by atoms with van der Waals surface area (Å²) in [7, 11) is 1.76. The van der Waals surface area contributed by atoms with Gasteiger partial charge in [0.15, 0.2) is 11.6 Å². The maximum absolute atomic E-state index is 5.91. The van der Waals surface area contributed by atoms with Crippen LogP contribution < -0.4 is 15.4 Å². The zero-order chi connectivity index (χ0) is 21.2. The fourth-order valence-electron chi connectivity index (χ4n) is 3.05. The Balaban J connectivity index is 1.51. The topological polar surface area (TPSA) is 85.1 Å². The van der Waals surface area contributed by atoms with Gasteiger partial charge >= 0.3 is 0 Å². The van der Waals surface area contributed by atoms with E-state index in [0.29, 0.717) is 32.9 Å². The number of pyridine rings is 1. The van der Waals surface area contributed by atoms with Crippen molar-refractivity contribution >= 4 is 11.6 Å². The number of guanidine groups is 1. The van der Waals surface area contributed by atoms with Crippen LogP contribution in [0, 0.1) is 6.92 Å².